The van der Waals surface area contributed by atoms with Crippen LogP contribution in [0.15, 0.2) is 100 Å². The number of thioether (sulfide) groups is 2. The monoisotopic (exact) mass is 477 g/mol. The van der Waals surface area contributed by atoms with Gasteiger partial charge in [-0.1, -0.05) is 102 Å². The summed E-state index contributed by atoms with van der Waals surface area (Å²) in [6.45, 7) is 0. The van der Waals surface area contributed by atoms with Gasteiger partial charge in [0.05, 0.1) is 0 Å². The predicted octanol–water partition coefficient (Wildman–Crippen LogP) is 6.74. The van der Waals surface area contributed by atoms with E-state index in [1.807, 2.05) is 66.7 Å². The molecule has 1 amide bonds. The summed E-state index contributed by atoms with van der Waals surface area (Å²) in [5.74, 6) is 0.871. The molecule has 0 saturated carbocycles. The van der Waals surface area contributed by atoms with E-state index < -0.39 is 0 Å². The van der Waals surface area contributed by atoms with Gasteiger partial charge in [0.1, 0.15) is 5.25 Å². The predicted molar refractivity (Wildman–Crippen MR) is 136 cm³/mol. The van der Waals surface area contributed by atoms with Crippen LogP contribution < -0.4 is 5.32 Å². The van der Waals surface area contributed by atoms with Crippen molar-refractivity contribution in [3.63, 3.8) is 0 Å². The van der Waals surface area contributed by atoms with E-state index in [-0.39, 0.29) is 11.2 Å². The van der Waals surface area contributed by atoms with E-state index in [1.165, 1.54) is 28.7 Å². The highest BCUT2D eigenvalue weighted by Gasteiger charge is 2.23. The summed E-state index contributed by atoms with van der Waals surface area (Å²) in [5, 5.41) is 11.6. The molecule has 4 nitrogen and oxygen atoms in total. The van der Waals surface area contributed by atoms with Crippen molar-refractivity contribution < 1.29 is 4.79 Å². The zero-order chi connectivity index (χ0) is 22.0. The number of rotatable bonds is 10. The van der Waals surface area contributed by atoms with Crippen LogP contribution in [-0.2, 0) is 11.2 Å². The fourth-order valence-electron chi connectivity index (χ4n) is 3.11. The second-order valence-electron chi connectivity index (χ2n) is 7.02. The molecule has 0 bridgehead atoms. The van der Waals surface area contributed by atoms with Crippen molar-refractivity contribution in [2.24, 2.45) is 0 Å². The van der Waals surface area contributed by atoms with E-state index in [4.69, 9.17) is 0 Å². The lowest BCUT2D eigenvalue weighted by atomic mass is 10.1. The molecule has 0 aliphatic carbocycles. The van der Waals surface area contributed by atoms with Crippen molar-refractivity contribution in [2.75, 3.05) is 11.1 Å². The van der Waals surface area contributed by atoms with Crippen molar-refractivity contribution in [1.82, 2.24) is 10.2 Å². The van der Waals surface area contributed by atoms with Crippen LogP contribution in [0.3, 0.4) is 0 Å². The third kappa shape index (κ3) is 6.69. The summed E-state index contributed by atoms with van der Waals surface area (Å²) >= 11 is 4.64. The molecule has 0 fully saturated rings. The first-order valence-electron chi connectivity index (χ1n) is 10.4. The number of hydrogen-bond donors (Lipinski definition) is 1. The molecule has 0 spiro atoms. The summed E-state index contributed by atoms with van der Waals surface area (Å²) in [5.41, 5.74) is 2.31. The van der Waals surface area contributed by atoms with Crippen molar-refractivity contribution in [3.8, 4) is 0 Å². The largest absolute Gasteiger partial charge is 0.299 e. The van der Waals surface area contributed by atoms with Gasteiger partial charge in [-0.15, -0.1) is 22.0 Å². The number of aryl methyl sites for hydroxylation is 1. The summed E-state index contributed by atoms with van der Waals surface area (Å²) < 4.78 is 0.875. The number of hydrogen-bond acceptors (Lipinski definition) is 6. The smallest absolute Gasteiger partial charge is 0.244 e. The molecule has 1 atom stereocenters. The topological polar surface area (TPSA) is 54.9 Å². The zero-order valence-electron chi connectivity index (χ0n) is 17.4. The van der Waals surface area contributed by atoms with Gasteiger partial charge in [-0.25, -0.2) is 0 Å². The molecule has 1 aromatic heterocycles. The van der Waals surface area contributed by atoms with Gasteiger partial charge in [-0.2, -0.15) is 0 Å². The summed E-state index contributed by atoms with van der Waals surface area (Å²) in [6.07, 6.45) is 2.12. The highest BCUT2D eigenvalue weighted by Crippen LogP contribution is 2.36. The quantitative estimate of drug-likeness (QED) is 0.156. The molecule has 4 rings (SSSR count). The highest BCUT2D eigenvalue weighted by molar-refractivity contribution is 8.01. The van der Waals surface area contributed by atoms with E-state index in [9.17, 15) is 4.79 Å². The van der Waals surface area contributed by atoms with Crippen LogP contribution in [0.4, 0.5) is 5.13 Å². The molecule has 0 saturated heterocycles. The van der Waals surface area contributed by atoms with Crippen LogP contribution in [0.1, 0.15) is 22.8 Å². The fourth-order valence-corrected chi connectivity index (χ4v) is 5.92. The number of aromatic nitrogens is 2. The number of carbonyl (C=O) groups excluding carboxylic acids is 1. The van der Waals surface area contributed by atoms with Gasteiger partial charge in [0.15, 0.2) is 4.34 Å². The maximum absolute atomic E-state index is 13.1. The van der Waals surface area contributed by atoms with Crippen molar-refractivity contribution >= 4 is 45.9 Å². The molecule has 4 aromatic rings. The third-order valence-electron chi connectivity index (χ3n) is 4.65. The molecule has 0 aliphatic heterocycles. The summed E-state index contributed by atoms with van der Waals surface area (Å²) in [6, 6.07) is 30.3. The Balaban J connectivity index is 1.34. The van der Waals surface area contributed by atoms with Crippen molar-refractivity contribution in [1.29, 1.82) is 0 Å². The normalized spacial score (nSPS) is 11.8. The standard InChI is InChI=1S/C25H23N3OS3/c29-23(22(20-14-6-2-7-15-20)31-21-16-8-3-9-17-21)26-24-27-28-25(32-24)30-18-10-13-19-11-4-1-5-12-19/h1-9,11-12,14-17,22H,10,13,18H2,(H,26,27,29). The Morgan fingerprint density at radius 3 is 2.25 bits per heavy atom. The molecule has 0 radical (unpaired) electrons. The molecular formula is C25H23N3OS3. The minimum atomic E-state index is -0.371. The molecule has 162 valence electrons. The third-order valence-corrected chi connectivity index (χ3v) is 7.98. The molecular weight excluding hydrogens is 454 g/mol. The second kappa shape index (κ2) is 11.9. The first kappa shape index (κ1) is 22.6. The number of anilines is 1. The lowest BCUT2D eigenvalue weighted by Gasteiger charge is -2.16. The Bertz CT molecular complexity index is 1110. The number of nitrogens with one attached hydrogen (secondary N) is 1. The van der Waals surface area contributed by atoms with E-state index in [0.717, 1.165) is 33.4 Å². The minimum absolute atomic E-state index is 0.0955. The van der Waals surface area contributed by atoms with Crippen molar-refractivity contribution in [3.05, 3.63) is 102 Å². The van der Waals surface area contributed by atoms with Crippen LogP contribution in [0.25, 0.3) is 0 Å². The number of nitrogens with zero attached hydrogens (tertiary/aromatic N) is 2. The lowest BCUT2D eigenvalue weighted by molar-refractivity contribution is -0.115. The Labute approximate surface area is 200 Å². The minimum Gasteiger partial charge on any atom is -0.299 e. The molecule has 1 unspecified atom stereocenters. The van der Waals surface area contributed by atoms with Gasteiger partial charge < -0.3 is 0 Å². The number of amides is 1. The molecule has 0 aliphatic rings. The molecule has 1 N–H and O–H groups in total. The van der Waals surface area contributed by atoms with E-state index in [2.05, 4.69) is 39.8 Å². The van der Waals surface area contributed by atoms with Crippen LogP contribution >= 0.6 is 34.9 Å². The van der Waals surface area contributed by atoms with Crippen LogP contribution in [0.5, 0.6) is 0 Å². The second-order valence-corrected chi connectivity index (χ2v) is 10.5. The fraction of sp³-hybridized carbons (Fsp3) is 0.160. The molecule has 3 aromatic carbocycles. The average molecular weight is 478 g/mol. The van der Waals surface area contributed by atoms with Crippen LogP contribution in [0, 0.1) is 0 Å². The van der Waals surface area contributed by atoms with Gasteiger partial charge >= 0.3 is 0 Å². The first-order chi connectivity index (χ1) is 15.8. The summed E-state index contributed by atoms with van der Waals surface area (Å²) in [7, 11) is 0. The van der Waals surface area contributed by atoms with Gasteiger partial charge in [0.25, 0.3) is 0 Å². The van der Waals surface area contributed by atoms with E-state index >= 15 is 0 Å². The molecule has 7 heteroatoms. The Morgan fingerprint density at radius 1 is 0.875 bits per heavy atom. The maximum atomic E-state index is 13.1. The van der Waals surface area contributed by atoms with E-state index in [1.54, 1.807) is 11.8 Å². The van der Waals surface area contributed by atoms with E-state index in [0.29, 0.717) is 5.13 Å². The first-order valence-corrected chi connectivity index (χ1v) is 13.0. The Kier molecular flexibility index (Phi) is 8.36. The van der Waals surface area contributed by atoms with Gasteiger partial charge in [-0.05, 0) is 36.1 Å². The highest BCUT2D eigenvalue weighted by atomic mass is 32.2. The van der Waals surface area contributed by atoms with Crippen LogP contribution in [-0.4, -0.2) is 21.9 Å². The number of benzene rings is 3. The molecule has 32 heavy (non-hydrogen) atoms. The average Bonchev–Trinajstić information content (AvgIpc) is 3.29. The zero-order valence-corrected chi connectivity index (χ0v) is 19.8. The Hall–Kier alpha value is -2.61. The van der Waals surface area contributed by atoms with Gasteiger partial charge in [0, 0.05) is 10.6 Å². The summed E-state index contributed by atoms with van der Waals surface area (Å²) in [4.78, 5) is 14.2. The van der Waals surface area contributed by atoms with Crippen molar-refractivity contribution in [2.45, 2.75) is 27.3 Å². The lowest BCUT2D eigenvalue weighted by Crippen LogP contribution is -2.18. The van der Waals surface area contributed by atoms with Gasteiger partial charge in [-0.3, -0.25) is 10.1 Å². The maximum Gasteiger partial charge on any atom is 0.244 e. The van der Waals surface area contributed by atoms with Gasteiger partial charge in [0.2, 0.25) is 11.0 Å². The Morgan fingerprint density at radius 2 is 1.53 bits per heavy atom. The SMILES string of the molecule is O=C(Nc1nnc(SCCCc2ccccc2)s1)C(Sc1ccccc1)c1ccccc1. The number of carbonyl (C=O) groups is 1. The van der Waals surface area contributed by atoms with Crippen LogP contribution in [0.2, 0.25) is 0 Å². The molecule has 1 heterocycles.